The number of sulfonamides is 1. The fourth-order valence-electron chi connectivity index (χ4n) is 9.54. The number of anilines is 1. The lowest BCUT2D eigenvalue weighted by Gasteiger charge is -2.39. The summed E-state index contributed by atoms with van der Waals surface area (Å²) >= 11 is 6.25. The number of allylic oxidation sites excluding steroid dienone is 1. The maximum absolute atomic E-state index is 14.1. The Labute approximate surface area is 420 Å². The highest BCUT2D eigenvalue weighted by atomic mass is 35.5. The molecule has 2 aliphatic heterocycles. The second-order valence-electron chi connectivity index (χ2n) is 19.9. The number of fused-ring (bicyclic) bond motifs is 1. The first-order valence-electron chi connectivity index (χ1n) is 23.9. The van der Waals surface area contributed by atoms with Crippen LogP contribution in [0.5, 0.6) is 11.5 Å². The molecule has 8 rings (SSSR count). The van der Waals surface area contributed by atoms with Crippen molar-refractivity contribution in [2.45, 2.75) is 71.3 Å². The number of aromatic amines is 1. The Morgan fingerprint density at radius 2 is 1.70 bits per heavy atom. The smallest absolute Gasteiger partial charge is 0.442 e. The lowest BCUT2D eigenvalue weighted by molar-refractivity contribution is -0.385. The normalized spacial score (nSPS) is 18.0. The number of halogens is 1. The van der Waals surface area contributed by atoms with E-state index in [1.54, 1.807) is 38.2 Å². The van der Waals surface area contributed by atoms with Crippen molar-refractivity contribution in [2.75, 3.05) is 68.8 Å². The molecule has 1 aliphatic carbocycles. The number of amides is 2. The number of hydrogen-bond acceptors (Lipinski definition) is 13. The lowest BCUT2D eigenvalue weighted by atomic mass is 9.72. The van der Waals surface area contributed by atoms with Crippen LogP contribution in [0.15, 0.2) is 100 Å². The van der Waals surface area contributed by atoms with Gasteiger partial charge < -0.3 is 24.3 Å². The van der Waals surface area contributed by atoms with Gasteiger partial charge in [-0.1, -0.05) is 56.1 Å². The number of H-pyrrole nitrogens is 1. The molecule has 2 fully saturated rings. The first kappa shape index (κ1) is 51.5. The van der Waals surface area contributed by atoms with E-state index >= 15 is 0 Å². The Morgan fingerprint density at radius 1 is 0.972 bits per heavy atom. The van der Waals surface area contributed by atoms with Crippen LogP contribution in [-0.2, 0) is 30.9 Å². The fourth-order valence-corrected chi connectivity index (χ4v) is 12.4. The van der Waals surface area contributed by atoms with E-state index in [1.807, 2.05) is 25.1 Å². The molecule has 3 aromatic carbocycles. The van der Waals surface area contributed by atoms with Crippen LogP contribution in [0.4, 0.5) is 16.2 Å². The zero-order chi connectivity index (χ0) is 50.7. The summed E-state index contributed by atoms with van der Waals surface area (Å²) in [4.78, 5) is 51.6. The standard InChI is InChI=1S/C51H61ClN8O9S2/c1-34(2)68-50(62)56-70(65)24-22-58(23-25-70)32-35(3)26-37-8-12-43(29-46(37)60(63)64)71(66,67)55-49(61)44-13-11-41(28-47(44)69-42-27-38-15-17-53-48(38)54-31-42)59-20-18-57(19-21-59)33-39-14-16-51(4,5)30-45(39)36-6-9-40(52)10-7-36/h6-13,15,17,27-29,31,34-35H,14,16,18-26,30,32-33H2,1-5H3,(H,53,54)(H,55,61)/t35-/m1/s1. The van der Waals surface area contributed by atoms with Crippen LogP contribution >= 0.6 is 11.6 Å². The van der Waals surface area contributed by atoms with Crippen molar-refractivity contribution in [1.29, 1.82) is 0 Å². The van der Waals surface area contributed by atoms with E-state index < -0.39 is 47.3 Å². The molecule has 71 heavy (non-hydrogen) atoms. The molecule has 0 unspecified atom stereocenters. The number of pyridine rings is 1. The summed E-state index contributed by atoms with van der Waals surface area (Å²) in [5.41, 5.74) is 5.56. The molecular weight excluding hydrogens is 968 g/mol. The van der Waals surface area contributed by atoms with Crippen molar-refractivity contribution in [3.63, 3.8) is 0 Å². The highest BCUT2D eigenvalue weighted by Gasteiger charge is 2.31. The zero-order valence-electron chi connectivity index (χ0n) is 40.7. The Kier molecular flexibility index (Phi) is 15.6. The SMILES string of the molecule is CC(C)OC(=O)N=S1(=O)CCN(C[C@H](C)Cc2ccc(S(=O)(=O)NC(=O)c3ccc(N4CCN(CC5=C(c6ccc(Cl)cc6)CC(C)(C)CC5)CC4)cc3Oc3cnc4[nH]ccc4c3)cc2[N+](=O)[O-])CC1. The van der Waals surface area contributed by atoms with Crippen LogP contribution < -0.4 is 14.4 Å². The third-order valence-corrected chi connectivity index (χ3v) is 17.0. The van der Waals surface area contributed by atoms with E-state index in [9.17, 15) is 32.3 Å². The number of ether oxygens (including phenoxy) is 2. The first-order chi connectivity index (χ1) is 33.7. The Hall–Kier alpha value is -5.86. The second kappa shape index (κ2) is 21.5. The predicted octanol–water partition coefficient (Wildman–Crippen LogP) is 9.33. The number of aromatic nitrogens is 2. The molecular formula is C51H61ClN8O9S2. The van der Waals surface area contributed by atoms with Gasteiger partial charge in [0, 0.05) is 104 Å². The molecule has 378 valence electrons. The largest absolute Gasteiger partial charge is 0.455 e. The monoisotopic (exact) mass is 1030 g/mol. The number of piperazine rings is 1. The third-order valence-electron chi connectivity index (χ3n) is 13.3. The summed E-state index contributed by atoms with van der Waals surface area (Å²) in [7, 11) is -7.38. The lowest BCUT2D eigenvalue weighted by Crippen LogP contribution is -2.47. The van der Waals surface area contributed by atoms with E-state index in [4.69, 9.17) is 21.1 Å². The van der Waals surface area contributed by atoms with E-state index in [2.05, 4.69) is 59.7 Å². The number of hydrogen-bond donors (Lipinski definition) is 2. The summed E-state index contributed by atoms with van der Waals surface area (Å²) in [6.45, 7) is 15.2. The van der Waals surface area contributed by atoms with Crippen LogP contribution in [0.25, 0.3) is 16.6 Å². The van der Waals surface area contributed by atoms with Gasteiger partial charge in [0.2, 0.25) is 0 Å². The summed E-state index contributed by atoms with van der Waals surface area (Å²) < 4.78 is 58.3. The van der Waals surface area contributed by atoms with Gasteiger partial charge in [-0.15, -0.1) is 4.36 Å². The number of rotatable bonds is 15. The predicted molar refractivity (Wildman–Crippen MR) is 276 cm³/mol. The maximum atomic E-state index is 14.1. The first-order valence-corrected chi connectivity index (χ1v) is 27.6. The maximum Gasteiger partial charge on any atom is 0.442 e. The topological polar surface area (TPSA) is 210 Å². The molecule has 2 N–H and O–H groups in total. The van der Waals surface area contributed by atoms with Gasteiger partial charge in [0.15, 0.2) is 0 Å². The Morgan fingerprint density at radius 3 is 2.41 bits per heavy atom. The van der Waals surface area contributed by atoms with Gasteiger partial charge in [-0.3, -0.25) is 19.8 Å². The van der Waals surface area contributed by atoms with Gasteiger partial charge in [0.1, 0.15) is 17.1 Å². The molecule has 1 atom stereocenters. The molecule has 0 saturated carbocycles. The molecule has 20 heteroatoms. The van der Waals surface area contributed by atoms with Gasteiger partial charge in [0.05, 0.1) is 37.4 Å². The minimum atomic E-state index is -4.63. The number of carbonyl (C=O) groups excluding carboxylic acids is 2. The molecule has 5 aromatic rings. The third kappa shape index (κ3) is 13.0. The molecule has 17 nitrogen and oxygen atoms in total. The van der Waals surface area contributed by atoms with Gasteiger partial charge in [-0.25, -0.2) is 27.1 Å². The molecule has 0 spiro atoms. The van der Waals surface area contributed by atoms with Crippen LogP contribution in [0.3, 0.4) is 0 Å². The summed E-state index contributed by atoms with van der Waals surface area (Å²) in [5, 5.41) is 13.9. The molecule has 3 aliphatic rings. The van der Waals surface area contributed by atoms with E-state index in [-0.39, 0.29) is 46.7 Å². The van der Waals surface area contributed by atoms with Gasteiger partial charge in [-0.2, -0.15) is 0 Å². The highest BCUT2D eigenvalue weighted by Crippen LogP contribution is 2.43. The van der Waals surface area contributed by atoms with Crippen molar-refractivity contribution >= 4 is 71.3 Å². The van der Waals surface area contributed by atoms with Crippen molar-refractivity contribution in [2.24, 2.45) is 15.7 Å². The van der Waals surface area contributed by atoms with Crippen LogP contribution in [0.1, 0.15) is 75.4 Å². The average molecular weight is 1030 g/mol. The van der Waals surface area contributed by atoms with Gasteiger partial charge >= 0.3 is 6.09 Å². The van der Waals surface area contributed by atoms with Crippen molar-refractivity contribution in [3.8, 4) is 11.5 Å². The minimum Gasteiger partial charge on any atom is -0.455 e. The summed E-state index contributed by atoms with van der Waals surface area (Å²) in [6, 6.07) is 20.4. The number of nitrogens with one attached hydrogen (secondary N) is 2. The van der Waals surface area contributed by atoms with Crippen LogP contribution in [0, 0.1) is 21.4 Å². The number of nitrogens with zero attached hydrogens (tertiary/aromatic N) is 6. The highest BCUT2D eigenvalue weighted by molar-refractivity contribution is 7.94. The molecule has 0 radical (unpaired) electrons. The van der Waals surface area contributed by atoms with E-state index in [0.29, 0.717) is 49.7 Å². The summed E-state index contributed by atoms with van der Waals surface area (Å²) in [6.07, 6.45) is 5.44. The van der Waals surface area contributed by atoms with E-state index in [0.717, 1.165) is 61.1 Å². The second-order valence-corrected chi connectivity index (χ2v) is 24.5. The van der Waals surface area contributed by atoms with Crippen molar-refractivity contribution in [3.05, 3.63) is 123 Å². The molecule has 2 amide bonds. The van der Waals surface area contributed by atoms with Gasteiger partial charge in [-0.05, 0) is 104 Å². The van der Waals surface area contributed by atoms with E-state index in [1.165, 1.54) is 41.1 Å². The van der Waals surface area contributed by atoms with Crippen molar-refractivity contribution < 1.29 is 36.6 Å². The molecule has 2 saturated heterocycles. The average Bonchev–Trinajstić information content (AvgIpc) is 3.78. The number of benzene rings is 3. The molecule has 0 bridgehead atoms. The Bertz CT molecular complexity index is 3070. The summed E-state index contributed by atoms with van der Waals surface area (Å²) in [5.74, 6) is -0.294. The number of carbonyl (C=O) groups is 2. The zero-order valence-corrected chi connectivity index (χ0v) is 43.1. The minimum absolute atomic E-state index is 0.0651. The molecule has 4 heterocycles. The number of nitro benzene ring substituents is 1. The quantitative estimate of drug-likeness (QED) is 0.0741. The fraction of sp³-hybridized carbons (Fsp3) is 0.431. The molecule has 2 aromatic heterocycles. The van der Waals surface area contributed by atoms with Gasteiger partial charge in [0.25, 0.3) is 21.6 Å². The number of nitro groups is 1. The van der Waals surface area contributed by atoms with Crippen LogP contribution in [-0.4, -0.2) is 119 Å². The van der Waals surface area contributed by atoms with Crippen molar-refractivity contribution in [1.82, 2.24) is 24.5 Å². The van der Waals surface area contributed by atoms with Crippen LogP contribution in [0.2, 0.25) is 5.02 Å². The Balaban J connectivity index is 0.958.